The second-order valence-electron chi connectivity index (χ2n) is 6.22. The number of hydrogen-bond donors (Lipinski definition) is 1. The molecule has 0 aliphatic heterocycles. The summed E-state index contributed by atoms with van der Waals surface area (Å²) in [5.74, 6) is 0.846. The summed E-state index contributed by atoms with van der Waals surface area (Å²) >= 11 is 0. The standard InChI is InChI=1S/C18H27N3/c1-3-14-9-5-7-11-16(14)19-13-17-15-10-6-8-12-18(15)21(4-2)20-17/h6,8,10,12,14,16,19H,3-5,7,9,11,13H2,1-2H3. The minimum absolute atomic E-state index is 0.675. The van der Waals surface area contributed by atoms with Gasteiger partial charge in [-0.25, -0.2) is 0 Å². The third kappa shape index (κ3) is 2.98. The van der Waals surface area contributed by atoms with Crippen LogP contribution in [0.4, 0.5) is 0 Å². The zero-order valence-corrected chi connectivity index (χ0v) is 13.3. The highest BCUT2D eigenvalue weighted by Gasteiger charge is 2.23. The van der Waals surface area contributed by atoms with E-state index in [-0.39, 0.29) is 0 Å². The lowest BCUT2D eigenvalue weighted by atomic mass is 9.83. The molecule has 1 aliphatic carbocycles. The lowest BCUT2D eigenvalue weighted by Crippen LogP contribution is -2.38. The number of nitrogens with one attached hydrogen (secondary N) is 1. The molecular weight excluding hydrogens is 258 g/mol. The fourth-order valence-electron chi connectivity index (χ4n) is 3.76. The Balaban J connectivity index is 1.75. The summed E-state index contributed by atoms with van der Waals surface area (Å²) in [6.45, 7) is 6.31. The Kier molecular flexibility index (Phi) is 4.59. The monoisotopic (exact) mass is 285 g/mol. The Morgan fingerprint density at radius 2 is 2.00 bits per heavy atom. The van der Waals surface area contributed by atoms with Crippen LogP contribution < -0.4 is 5.32 Å². The van der Waals surface area contributed by atoms with E-state index in [0.29, 0.717) is 6.04 Å². The molecule has 1 aliphatic rings. The van der Waals surface area contributed by atoms with E-state index in [9.17, 15) is 0 Å². The van der Waals surface area contributed by atoms with Crippen LogP contribution in [-0.2, 0) is 13.1 Å². The molecule has 0 radical (unpaired) electrons. The van der Waals surface area contributed by atoms with E-state index < -0.39 is 0 Å². The maximum absolute atomic E-state index is 4.80. The molecule has 21 heavy (non-hydrogen) atoms. The van der Waals surface area contributed by atoms with Crippen LogP contribution in [-0.4, -0.2) is 15.8 Å². The van der Waals surface area contributed by atoms with Crippen molar-refractivity contribution in [3.63, 3.8) is 0 Å². The first-order valence-electron chi connectivity index (χ1n) is 8.51. The van der Waals surface area contributed by atoms with E-state index >= 15 is 0 Å². The number of fused-ring (bicyclic) bond motifs is 1. The number of hydrogen-bond acceptors (Lipinski definition) is 2. The van der Waals surface area contributed by atoms with Gasteiger partial charge in [0.25, 0.3) is 0 Å². The van der Waals surface area contributed by atoms with Gasteiger partial charge in [-0.1, -0.05) is 44.4 Å². The van der Waals surface area contributed by atoms with Gasteiger partial charge in [0.15, 0.2) is 0 Å². The zero-order chi connectivity index (χ0) is 14.7. The molecule has 0 spiro atoms. The molecule has 2 atom stereocenters. The highest BCUT2D eigenvalue weighted by molar-refractivity contribution is 5.81. The molecule has 3 heteroatoms. The van der Waals surface area contributed by atoms with Crippen LogP contribution >= 0.6 is 0 Å². The van der Waals surface area contributed by atoms with Gasteiger partial charge in [-0.15, -0.1) is 0 Å². The molecule has 2 aromatic rings. The third-order valence-electron chi connectivity index (χ3n) is 5.00. The fourth-order valence-corrected chi connectivity index (χ4v) is 3.76. The fraction of sp³-hybridized carbons (Fsp3) is 0.611. The van der Waals surface area contributed by atoms with Gasteiger partial charge in [0.2, 0.25) is 0 Å². The van der Waals surface area contributed by atoms with E-state index in [1.165, 1.54) is 48.7 Å². The summed E-state index contributed by atoms with van der Waals surface area (Å²) in [5.41, 5.74) is 2.46. The predicted octanol–water partition coefficient (Wildman–Crippen LogP) is 4.11. The van der Waals surface area contributed by atoms with Crippen molar-refractivity contribution in [3.05, 3.63) is 30.0 Å². The topological polar surface area (TPSA) is 29.9 Å². The first kappa shape index (κ1) is 14.6. The van der Waals surface area contributed by atoms with E-state index in [4.69, 9.17) is 5.10 Å². The SMILES string of the molecule is CCC1CCCCC1NCc1nn(CC)c2ccccc12. The van der Waals surface area contributed by atoms with Gasteiger partial charge in [0.1, 0.15) is 0 Å². The molecule has 1 aromatic heterocycles. The first-order valence-corrected chi connectivity index (χ1v) is 8.51. The van der Waals surface area contributed by atoms with Crippen LogP contribution in [0.5, 0.6) is 0 Å². The first-order chi connectivity index (χ1) is 10.3. The summed E-state index contributed by atoms with van der Waals surface area (Å²) in [6.07, 6.45) is 6.79. The molecule has 0 saturated heterocycles. The average Bonchev–Trinajstić information content (AvgIpc) is 2.91. The summed E-state index contributed by atoms with van der Waals surface area (Å²) < 4.78 is 2.12. The van der Waals surface area contributed by atoms with E-state index in [2.05, 4.69) is 48.1 Å². The summed E-state index contributed by atoms with van der Waals surface area (Å²) in [4.78, 5) is 0. The van der Waals surface area contributed by atoms with Crippen molar-refractivity contribution in [2.24, 2.45) is 5.92 Å². The quantitative estimate of drug-likeness (QED) is 0.895. The molecule has 0 amide bonds. The van der Waals surface area contributed by atoms with Crippen molar-refractivity contribution in [2.45, 2.75) is 65.1 Å². The highest BCUT2D eigenvalue weighted by Crippen LogP contribution is 2.27. The highest BCUT2D eigenvalue weighted by atomic mass is 15.3. The van der Waals surface area contributed by atoms with Gasteiger partial charge in [-0.05, 0) is 31.7 Å². The van der Waals surface area contributed by atoms with Crippen LogP contribution in [0.1, 0.15) is 51.6 Å². The number of para-hydroxylation sites is 1. The number of nitrogens with zero attached hydrogens (tertiary/aromatic N) is 2. The predicted molar refractivity (Wildman–Crippen MR) is 88.3 cm³/mol. The molecule has 2 unspecified atom stereocenters. The second kappa shape index (κ2) is 6.61. The minimum atomic E-state index is 0.675. The van der Waals surface area contributed by atoms with E-state index in [0.717, 1.165) is 19.0 Å². The largest absolute Gasteiger partial charge is 0.308 e. The summed E-state index contributed by atoms with van der Waals surface area (Å²) in [6, 6.07) is 9.26. The molecule has 1 heterocycles. The average molecular weight is 285 g/mol. The van der Waals surface area contributed by atoms with Crippen molar-refractivity contribution in [1.82, 2.24) is 15.1 Å². The van der Waals surface area contributed by atoms with Crippen LogP contribution in [0.3, 0.4) is 0 Å². The van der Waals surface area contributed by atoms with E-state index in [1.807, 2.05) is 0 Å². The Bertz CT molecular complexity index is 587. The van der Waals surface area contributed by atoms with Gasteiger partial charge >= 0.3 is 0 Å². The zero-order valence-electron chi connectivity index (χ0n) is 13.3. The smallest absolute Gasteiger partial charge is 0.0841 e. The van der Waals surface area contributed by atoms with E-state index in [1.54, 1.807) is 0 Å². The Labute approximate surface area is 127 Å². The molecule has 1 aromatic carbocycles. The maximum Gasteiger partial charge on any atom is 0.0841 e. The molecule has 3 rings (SSSR count). The Hall–Kier alpha value is -1.35. The van der Waals surface area contributed by atoms with Crippen LogP contribution in [0.15, 0.2) is 24.3 Å². The van der Waals surface area contributed by atoms with Crippen molar-refractivity contribution in [1.29, 1.82) is 0 Å². The van der Waals surface area contributed by atoms with Crippen LogP contribution in [0.25, 0.3) is 10.9 Å². The van der Waals surface area contributed by atoms with Gasteiger partial charge in [-0.3, -0.25) is 4.68 Å². The van der Waals surface area contributed by atoms with Gasteiger partial charge < -0.3 is 5.32 Å². The summed E-state index contributed by atoms with van der Waals surface area (Å²) in [5, 5.41) is 9.89. The second-order valence-corrected chi connectivity index (χ2v) is 6.22. The number of aromatic nitrogens is 2. The third-order valence-corrected chi connectivity index (χ3v) is 5.00. The molecule has 1 saturated carbocycles. The lowest BCUT2D eigenvalue weighted by Gasteiger charge is -2.31. The van der Waals surface area contributed by atoms with Crippen molar-refractivity contribution < 1.29 is 0 Å². The number of aryl methyl sites for hydroxylation is 1. The lowest BCUT2D eigenvalue weighted by molar-refractivity contribution is 0.254. The van der Waals surface area contributed by atoms with Crippen molar-refractivity contribution in [2.75, 3.05) is 0 Å². The number of benzene rings is 1. The van der Waals surface area contributed by atoms with Gasteiger partial charge in [0, 0.05) is 24.5 Å². The van der Waals surface area contributed by atoms with Crippen LogP contribution in [0.2, 0.25) is 0 Å². The Morgan fingerprint density at radius 1 is 1.19 bits per heavy atom. The van der Waals surface area contributed by atoms with Crippen molar-refractivity contribution >= 4 is 10.9 Å². The summed E-state index contributed by atoms with van der Waals surface area (Å²) in [7, 11) is 0. The minimum Gasteiger partial charge on any atom is -0.308 e. The molecule has 114 valence electrons. The van der Waals surface area contributed by atoms with Crippen molar-refractivity contribution in [3.8, 4) is 0 Å². The van der Waals surface area contributed by atoms with Gasteiger partial charge in [-0.2, -0.15) is 5.10 Å². The normalized spacial score (nSPS) is 22.8. The molecule has 1 fully saturated rings. The molecule has 3 nitrogen and oxygen atoms in total. The Morgan fingerprint density at radius 3 is 2.81 bits per heavy atom. The molecular formula is C18H27N3. The number of rotatable bonds is 5. The van der Waals surface area contributed by atoms with Crippen LogP contribution in [0, 0.1) is 5.92 Å². The van der Waals surface area contributed by atoms with Gasteiger partial charge in [0.05, 0.1) is 11.2 Å². The maximum atomic E-state index is 4.80. The molecule has 1 N–H and O–H groups in total. The molecule has 0 bridgehead atoms.